The van der Waals surface area contributed by atoms with Crippen LogP contribution in [0.3, 0.4) is 0 Å². The zero-order valence-corrected chi connectivity index (χ0v) is 13.5. The third-order valence-electron chi connectivity index (χ3n) is 4.07. The van der Waals surface area contributed by atoms with Gasteiger partial charge in [-0.05, 0) is 32.3 Å². The minimum atomic E-state index is -0.443. The van der Waals surface area contributed by atoms with Gasteiger partial charge in [0, 0.05) is 12.0 Å². The van der Waals surface area contributed by atoms with E-state index < -0.39 is 5.97 Å². The summed E-state index contributed by atoms with van der Waals surface area (Å²) in [5.74, 6) is -0.387. The van der Waals surface area contributed by atoms with Gasteiger partial charge < -0.3 is 4.74 Å². The standard InChI is InChI=1S/C18H20N2O3/c1-3-23-18(22)16-14-5-4-6-15(21)17(14)20(19-16)11-13-9-7-12(2)8-10-13/h7-10H,3-6,11H2,1-2H3. The summed E-state index contributed by atoms with van der Waals surface area (Å²) in [5, 5.41) is 4.40. The Hall–Kier alpha value is -2.43. The number of rotatable bonds is 4. The van der Waals surface area contributed by atoms with E-state index in [4.69, 9.17) is 4.74 Å². The summed E-state index contributed by atoms with van der Waals surface area (Å²) in [6, 6.07) is 8.08. The second kappa shape index (κ2) is 6.36. The molecule has 1 aromatic carbocycles. The van der Waals surface area contributed by atoms with Gasteiger partial charge in [-0.2, -0.15) is 5.10 Å². The SMILES string of the molecule is CCOC(=O)c1nn(Cc2ccc(C)cc2)c2c1CCCC2=O. The van der Waals surface area contributed by atoms with Crippen molar-refractivity contribution in [1.29, 1.82) is 0 Å². The Labute approximate surface area is 135 Å². The highest BCUT2D eigenvalue weighted by atomic mass is 16.5. The van der Waals surface area contributed by atoms with Gasteiger partial charge in [-0.25, -0.2) is 4.79 Å². The average molecular weight is 312 g/mol. The van der Waals surface area contributed by atoms with Crippen molar-refractivity contribution in [2.24, 2.45) is 0 Å². The Balaban J connectivity index is 2.00. The van der Waals surface area contributed by atoms with Gasteiger partial charge in [0.2, 0.25) is 0 Å². The molecule has 0 aliphatic heterocycles. The molecule has 3 rings (SSSR count). The van der Waals surface area contributed by atoms with Gasteiger partial charge in [0.05, 0.1) is 13.2 Å². The molecule has 0 saturated carbocycles. The lowest BCUT2D eigenvalue weighted by Gasteiger charge is -2.13. The van der Waals surface area contributed by atoms with Crippen molar-refractivity contribution in [3.05, 3.63) is 52.3 Å². The fraction of sp³-hybridized carbons (Fsp3) is 0.389. The molecule has 0 fully saturated rings. The summed E-state index contributed by atoms with van der Waals surface area (Å²) in [6.45, 7) is 4.57. The van der Waals surface area contributed by atoms with E-state index in [9.17, 15) is 9.59 Å². The fourth-order valence-electron chi connectivity index (χ4n) is 2.94. The summed E-state index contributed by atoms with van der Waals surface area (Å²) in [5.41, 5.74) is 3.84. The molecule has 0 amide bonds. The lowest BCUT2D eigenvalue weighted by molar-refractivity contribution is 0.0517. The number of ether oxygens (including phenoxy) is 1. The van der Waals surface area contributed by atoms with E-state index >= 15 is 0 Å². The topological polar surface area (TPSA) is 61.2 Å². The van der Waals surface area contributed by atoms with Crippen LogP contribution in [-0.4, -0.2) is 28.1 Å². The summed E-state index contributed by atoms with van der Waals surface area (Å²) in [4.78, 5) is 24.5. The molecule has 5 nitrogen and oxygen atoms in total. The first-order valence-electron chi connectivity index (χ1n) is 7.95. The molecule has 23 heavy (non-hydrogen) atoms. The zero-order valence-electron chi connectivity index (χ0n) is 13.5. The van der Waals surface area contributed by atoms with Crippen molar-refractivity contribution in [1.82, 2.24) is 9.78 Å². The number of nitrogens with zero attached hydrogens (tertiary/aromatic N) is 2. The van der Waals surface area contributed by atoms with Crippen LogP contribution in [0.1, 0.15) is 57.4 Å². The molecule has 1 aliphatic rings. The summed E-state index contributed by atoms with van der Waals surface area (Å²) < 4.78 is 6.74. The molecule has 120 valence electrons. The number of aromatic nitrogens is 2. The first-order chi connectivity index (χ1) is 11.1. The molecule has 5 heteroatoms. The second-order valence-corrected chi connectivity index (χ2v) is 5.82. The van der Waals surface area contributed by atoms with E-state index in [0.717, 1.165) is 17.5 Å². The number of fused-ring (bicyclic) bond motifs is 1. The van der Waals surface area contributed by atoms with E-state index in [1.54, 1.807) is 11.6 Å². The van der Waals surface area contributed by atoms with Gasteiger partial charge in [0.1, 0.15) is 5.69 Å². The van der Waals surface area contributed by atoms with Crippen LogP contribution < -0.4 is 0 Å². The normalized spacial score (nSPS) is 13.7. The van der Waals surface area contributed by atoms with Crippen LogP contribution >= 0.6 is 0 Å². The third-order valence-corrected chi connectivity index (χ3v) is 4.07. The maximum Gasteiger partial charge on any atom is 0.359 e. The Morgan fingerprint density at radius 2 is 2.00 bits per heavy atom. The van der Waals surface area contributed by atoms with Crippen LogP contribution in [0.2, 0.25) is 0 Å². The van der Waals surface area contributed by atoms with Crippen LogP contribution in [0.15, 0.2) is 24.3 Å². The number of hydrogen-bond acceptors (Lipinski definition) is 4. The maximum atomic E-state index is 12.3. The number of aryl methyl sites for hydroxylation is 1. The Kier molecular flexibility index (Phi) is 4.28. The number of esters is 1. The molecule has 0 N–H and O–H groups in total. The molecule has 0 unspecified atom stereocenters. The van der Waals surface area contributed by atoms with E-state index in [1.165, 1.54) is 5.56 Å². The molecule has 1 heterocycles. The molecule has 0 atom stereocenters. The minimum Gasteiger partial charge on any atom is -0.461 e. The Morgan fingerprint density at radius 1 is 1.26 bits per heavy atom. The van der Waals surface area contributed by atoms with Crippen LogP contribution in [0, 0.1) is 6.92 Å². The van der Waals surface area contributed by atoms with E-state index in [2.05, 4.69) is 5.10 Å². The molecule has 0 spiro atoms. The quantitative estimate of drug-likeness (QED) is 0.814. The summed E-state index contributed by atoms with van der Waals surface area (Å²) >= 11 is 0. The summed E-state index contributed by atoms with van der Waals surface area (Å²) in [6.07, 6.45) is 1.96. The van der Waals surface area contributed by atoms with Crippen molar-refractivity contribution in [2.45, 2.75) is 39.7 Å². The van der Waals surface area contributed by atoms with Crippen molar-refractivity contribution in [3.63, 3.8) is 0 Å². The molecule has 2 aromatic rings. The number of carbonyl (C=O) groups excluding carboxylic acids is 2. The van der Waals surface area contributed by atoms with Crippen LogP contribution in [0.4, 0.5) is 0 Å². The minimum absolute atomic E-state index is 0.0569. The third kappa shape index (κ3) is 3.04. The van der Waals surface area contributed by atoms with Gasteiger partial charge >= 0.3 is 5.97 Å². The van der Waals surface area contributed by atoms with Crippen LogP contribution in [-0.2, 0) is 17.7 Å². The molecule has 1 aliphatic carbocycles. The Morgan fingerprint density at radius 3 is 2.70 bits per heavy atom. The number of carbonyl (C=O) groups is 2. The van der Waals surface area contributed by atoms with Crippen molar-refractivity contribution in [2.75, 3.05) is 6.61 Å². The molecule has 1 aromatic heterocycles. The van der Waals surface area contributed by atoms with Crippen LogP contribution in [0.25, 0.3) is 0 Å². The van der Waals surface area contributed by atoms with E-state index in [-0.39, 0.29) is 5.78 Å². The maximum absolute atomic E-state index is 12.3. The smallest absolute Gasteiger partial charge is 0.359 e. The lowest BCUT2D eigenvalue weighted by atomic mass is 9.94. The first kappa shape index (κ1) is 15.5. The Bertz CT molecular complexity index is 744. The van der Waals surface area contributed by atoms with Gasteiger partial charge in [-0.1, -0.05) is 29.8 Å². The second-order valence-electron chi connectivity index (χ2n) is 5.82. The highest BCUT2D eigenvalue weighted by molar-refractivity contribution is 6.00. The number of hydrogen-bond donors (Lipinski definition) is 0. The average Bonchev–Trinajstić information content (AvgIpc) is 2.90. The van der Waals surface area contributed by atoms with Crippen molar-refractivity contribution in [3.8, 4) is 0 Å². The van der Waals surface area contributed by atoms with Crippen molar-refractivity contribution >= 4 is 11.8 Å². The van der Waals surface area contributed by atoms with Gasteiger partial charge in [0.15, 0.2) is 11.5 Å². The largest absolute Gasteiger partial charge is 0.461 e. The van der Waals surface area contributed by atoms with Crippen molar-refractivity contribution < 1.29 is 14.3 Å². The number of ketones is 1. The predicted molar refractivity (Wildman–Crippen MR) is 85.7 cm³/mol. The molecule has 0 radical (unpaired) electrons. The highest BCUT2D eigenvalue weighted by Gasteiger charge is 2.30. The molecular formula is C18H20N2O3. The highest BCUT2D eigenvalue weighted by Crippen LogP contribution is 2.26. The summed E-state index contributed by atoms with van der Waals surface area (Å²) in [7, 11) is 0. The predicted octanol–water partition coefficient (Wildman–Crippen LogP) is 2.94. The fourth-order valence-corrected chi connectivity index (χ4v) is 2.94. The zero-order chi connectivity index (χ0) is 16.4. The first-order valence-corrected chi connectivity index (χ1v) is 7.95. The lowest BCUT2D eigenvalue weighted by Crippen LogP contribution is -2.17. The number of benzene rings is 1. The monoisotopic (exact) mass is 312 g/mol. The van der Waals surface area contributed by atoms with Gasteiger partial charge in [-0.15, -0.1) is 0 Å². The molecular weight excluding hydrogens is 292 g/mol. The number of Topliss-reactive ketones (excluding diaryl/α,β-unsaturated/α-hetero) is 1. The molecule has 0 saturated heterocycles. The van der Waals surface area contributed by atoms with E-state index in [1.807, 2.05) is 31.2 Å². The van der Waals surface area contributed by atoms with Gasteiger partial charge in [-0.3, -0.25) is 9.48 Å². The van der Waals surface area contributed by atoms with E-state index in [0.29, 0.717) is 37.4 Å². The van der Waals surface area contributed by atoms with Gasteiger partial charge in [0.25, 0.3) is 0 Å². The molecule has 0 bridgehead atoms. The van der Waals surface area contributed by atoms with Crippen LogP contribution in [0.5, 0.6) is 0 Å².